The lowest BCUT2D eigenvalue weighted by atomic mass is 9.84. The van der Waals surface area contributed by atoms with Gasteiger partial charge >= 0.3 is 5.16 Å². The first kappa shape index (κ1) is 16.1. The lowest BCUT2D eigenvalue weighted by Gasteiger charge is -2.29. The summed E-state index contributed by atoms with van der Waals surface area (Å²) < 4.78 is 26.6. The quantitative estimate of drug-likeness (QED) is 0.825. The van der Waals surface area contributed by atoms with Crippen molar-refractivity contribution in [2.24, 2.45) is 7.05 Å². The van der Waals surface area contributed by atoms with Crippen LogP contribution in [0.5, 0.6) is 0 Å². The van der Waals surface area contributed by atoms with E-state index in [4.69, 9.17) is 0 Å². The minimum atomic E-state index is -3.69. The predicted octanol–water partition coefficient (Wildman–Crippen LogP) is 1.25. The second-order valence-corrected chi connectivity index (χ2v) is 8.72. The van der Waals surface area contributed by atoms with Crippen molar-refractivity contribution in [3.63, 3.8) is 0 Å². The maximum Gasteiger partial charge on any atom is 0.303 e. The van der Waals surface area contributed by atoms with E-state index in [1.807, 2.05) is 6.07 Å². The molecule has 0 aliphatic carbocycles. The fraction of sp³-hybridized carbons (Fsp3) is 0.533. The molecular weight excluding hydrogens is 314 g/mol. The van der Waals surface area contributed by atoms with Crippen molar-refractivity contribution >= 4 is 10.0 Å². The average molecular weight is 335 g/mol. The molecule has 0 bridgehead atoms. The zero-order valence-electron chi connectivity index (χ0n) is 13.8. The van der Waals surface area contributed by atoms with Gasteiger partial charge in [-0.15, -0.1) is 5.10 Å². The third kappa shape index (κ3) is 3.00. The Morgan fingerprint density at radius 2 is 1.91 bits per heavy atom. The van der Waals surface area contributed by atoms with Crippen molar-refractivity contribution < 1.29 is 8.42 Å². The Bertz CT molecular complexity index is 836. The number of tetrazole rings is 1. The van der Waals surface area contributed by atoms with Gasteiger partial charge in [0.05, 0.1) is 7.05 Å². The fourth-order valence-corrected chi connectivity index (χ4v) is 3.92. The minimum absolute atomic E-state index is 0.0851. The summed E-state index contributed by atoms with van der Waals surface area (Å²) in [5, 5.41) is 10.8. The van der Waals surface area contributed by atoms with Gasteiger partial charge in [0.1, 0.15) is 0 Å². The van der Waals surface area contributed by atoms with Crippen LogP contribution in [0.3, 0.4) is 0 Å². The SMILES string of the molecule is Cn1nnc(S(=O)(=O)N2CCc3cc(C(C)(C)C)ccc3C2)n1. The molecule has 2 heterocycles. The first-order chi connectivity index (χ1) is 10.7. The van der Waals surface area contributed by atoms with Crippen molar-refractivity contribution in [2.75, 3.05) is 6.54 Å². The van der Waals surface area contributed by atoms with Crippen molar-refractivity contribution in [2.45, 2.75) is 44.3 Å². The van der Waals surface area contributed by atoms with E-state index in [0.29, 0.717) is 19.5 Å². The van der Waals surface area contributed by atoms with E-state index < -0.39 is 10.0 Å². The lowest BCUT2D eigenvalue weighted by molar-refractivity contribution is 0.386. The van der Waals surface area contributed by atoms with Crippen LogP contribution in [-0.4, -0.2) is 39.5 Å². The number of hydrogen-bond acceptors (Lipinski definition) is 5. The molecule has 1 aliphatic heterocycles. The third-order valence-electron chi connectivity index (χ3n) is 4.11. The van der Waals surface area contributed by atoms with Gasteiger partial charge in [-0.1, -0.05) is 44.1 Å². The fourth-order valence-electron chi connectivity index (χ4n) is 2.68. The Kier molecular flexibility index (Phi) is 3.76. The summed E-state index contributed by atoms with van der Waals surface area (Å²) in [6, 6.07) is 6.30. The first-order valence-electron chi connectivity index (χ1n) is 7.54. The molecule has 0 fully saturated rings. The normalized spacial score (nSPS) is 16.3. The van der Waals surface area contributed by atoms with E-state index >= 15 is 0 Å². The van der Waals surface area contributed by atoms with Crippen LogP contribution in [0, 0.1) is 0 Å². The van der Waals surface area contributed by atoms with E-state index in [-0.39, 0.29) is 10.6 Å². The number of aromatic nitrogens is 4. The standard InChI is InChI=1S/C15H21N5O2S/c1-15(2,3)13-6-5-12-10-20(8-7-11(12)9-13)23(21,22)14-16-18-19(4)17-14/h5-6,9H,7-8,10H2,1-4H3. The summed E-state index contributed by atoms with van der Waals surface area (Å²) in [4.78, 5) is 1.15. The molecule has 1 aliphatic rings. The number of benzene rings is 1. The number of hydrogen-bond donors (Lipinski definition) is 0. The summed E-state index contributed by atoms with van der Waals surface area (Å²) in [7, 11) is -2.15. The van der Waals surface area contributed by atoms with Gasteiger partial charge in [-0.2, -0.15) is 9.10 Å². The van der Waals surface area contributed by atoms with Gasteiger partial charge in [-0.3, -0.25) is 0 Å². The molecular formula is C15H21N5O2S. The lowest BCUT2D eigenvalue weighted by Crippen LogP contribution is -2.36. The molecule has 0 saturated carbocycles. The van der Waals surface area contributed by atoms with Gasteiger partial charge in [0, 0.05) is 13.1 Å². The summed E-state index contributed by atoms with van der Waals surface area (Å²) >= 11 is 0. The number of aryl methyl sites for hydroxylation is 1. The second-order valence-electron chi connectivity index (χ2n) is 6.88. The molecule has 7 nitrogen and oxygen atoms in total. The van der Waals surface area contributed by atoms with Gasteiger partial charge in [-0.25, -0.2) is 8.42 Å². The number of nitrogens with zero attached hydrogens (tertiary/aromatic N) is 5. The number of rotatable bonds is 2. The van der Waals surface area contributed by atoms with E-state index in [1.54, 1.807) is 7.05 Å². The molecule has 0 atom stereocenters. The predicted molar refractivity (Wildman–Crippen MR) is 85.2 cm³/mol. The van der Waals surface area contributed by atoms with Gasteiger partial charge < -0.3 is 0 Å². The monoisotopic (exact) mass is 335 g/mol. The number of sulfonamides is 1. The molecule has 0 radical (unpaired) electrons. The molecule has 23 heavy (non-hydrogen) atoms. The summed E-state index contributed by atoms with van der Waals surface area (Å²) in [6.45, 7) is 7.30. The van der Waals surface area contributed by atoms with Gasteiger partial charge in [0.15, 0.2) is 0 Å². The highest BCUT2D eigenvalue weighted by atomic mass is 32.2. The average Bonchev–Trinajstić information content (AvgIpc) is 2.92. The maximum atomic E-state index is 12.6. The topological polar surface area (TPSA) is 81.0 Å². The van der Waals surface area contributed by atoms with E-state index in [9.17, 15) is 8.42 Å². The molecule has 0 unspecified atom stereocenters. The van der Waals surface area contributed by atoms with Gasteiger partial charge in [0.2, 0.25) is 0 Å². The van der Waals surface area contributed by atoms with Crippen LogP contribution in [0.4, 0.5) is 0 Å². The molecule has 124 valence electrons. The molecule has 2 aromatic rings. The third-order valence-corrected chi connectivity index (χ3v) is 5.73. The Morgan fingerprint density at radius 3 is 2.52 bits per heavy atom. The molecule has 3 rings (SSSR count). The molecule has 1 aromatic heterocycles. The van der Waals surface area contributed by atoms with Crippen molar-refractivity contribution in [3.8, 4) is 0 Å². The summed E-state index contributed by atoms with van der Waals surface area (Å²) in [5.41, 5.74) is 3.61. The Labute approximate surface area is 136 Å². The Hall–Kier alpha value is -1.80. The van der Waals surface area contributed by atoms with Crippen LogP contribution < -0.4 is 0 Å². The molecule has 0 spiro atoms. The highest BCUT2D eigenvalue weighted by Gasteiger charge is 2.32. The van der Waals surface area contributed by atoms with Crippen LogP contribution in [0.2, 0.25) is 0 Å². The highest BCUT2D eigenvalue weighted by molar-refractivity contribution is 7.88. The smallest absolute Gasteiger partial charge is 0.203 e. The molecule has 0 N–H and O–H groups in total. The minimum Gasteiger partial charge on any atom is -0.203 e. The van der Waals surface area contributed by atoms with Crippen LogP contribution in [0.1, 0.15) is 37.5 Å². The molecule has 8 heteroatoms. The summed E-state index contributed by atoms with van der Waals surface area (Å²) in [6.07, 6.45) is 0.693. The van der Waals surface area contributed by atoms with E-state index in [0.717, 1.165) is 10.4 Å². The van der Waals surface area contributed by atoms with Crippen LogP contribution in [0.15, 0.2) is 23.4 Å². The number of fused-ring (bicyclic) bond motifs is 1. The largest absolute Gasteiger partial charge is 0.303 e. The summed E-state index contributed by atoms with van der Waals surface area (Å²) in [5.74, 6) is 0. The van der Waals surface area contributed by atoms with Crippen LogP contribution in [0.25, 0.3) is 0 Å². The zero-order valence-corrected chi connectivity index (χ0v) is 14.6. The van der Waals surface area contributed by atoms with Crippen molar-refractivity contribution in [1.82, 2.24) is 24.5 Å². The Balaban J connectivity index is 1.89. The molecule has 1 aromatic carbocycles. The Morgan fingerprint density at radius 1 is 1.17 bits per heavy atom. The van der Waals surface area contributed by atoms with Crippen molar-refractivity contribution in [3.05, 3.63) is 34.9 Å². The molecule has 0 saturated heterocycles. The maximum absolute atomic E-state index is 12.6. The second kappa shape index (κ2) is 5.38. The van der Waals surface area contributed by atoms with E-state index in [2.05, 4.69) is 48.3 Å². The first-order valence-corrected chi connectivity index (χ1v) is 8.98. The van der Waals surface area contributed by atoms with E-state index in [1.165, 1.54) is 15.4 Å². The van der Waals surface area contributed by atoms with Crippen LogP contribution in [-0.2, 0) is 35.5 Å². The highest BCUT2D eigenvalue weighted by Crippen LogP contribution is 2.29. The van der Waals surface area contributed by atoms with Crippen molar-refractivity contribution in [1.29, 1.82) is 0 Å². The van der Waals surface area contributed by atoms with Crippen LogP contribution >= 0.6 is 0 Å². The van der Waals surface area contributed by atoms with Gasteiger partial charge in [-0.05, 0) is 33.7 Å². The van der Waals surface area contributed by atoms with Gasteiger partial charge in [0.25, 0.3) is 10.0 Å². The molecule has 0 amide bonds. The zero-order chi connectivity index (χ0) is 16.8.